The molecule has 0 spiro atoms. The number of H-pyrrole nitrogens is 1. The van der Waals surface area contributed by atoms with Crippen molar-refractivity contribution in [2.75, 3.05) is 5.32 Å². The molecule has 0 atom stereocenters. The molecule has 0 aliphatic rings. The van der Waals surface area contributed by atoms with E-state index in [2.05, 4.69) is 15.5 Å². The molecule has 1 heterocycles. The summed E-state index contributed by atoms with van der Waals surface area (Å²) in [4.78, 5) is 24.2. The van der Waals surface area contributed by atoms with Crippen LogP contribution in [-0.4, -0.2) is 16.1 Å². The van der Waals surface area contributed by atoms with Crippen LogP contribution in [0.1, 0.15) is 21.6 Å². The average molecular weight is 293 g/mol. The first-order valence-corrected chi connectivity index (χ1v) is 6.92. The van der Waals surface area contributed by atoms with E-state index in [-0.39, 0.29) is 17.2 Å². The molecule has 0 unspecified atom stereocenters. The van der Waals surface area contributed by atoms with E-state index < -0.39 is 0 Å². The number of amides is 1. The highest BCUT2D eigenvalue weighted by Crippen LogP contribution is 2.17. The molecule has 0 saturated carbocycles. The van der Waals surface area contributed by atoms with Gasteiger partial charge in [-0.05, 0) is 43.2 Å². The molecular formula is C17H15N3O2. The van der Waals surface area contributed by atoms with Crippen molar-refractivity contribution >= 4 is 22.4 Å². The van der Waals surface area contributed by atoms with Crippen molar-refractivity contribution in [2.24, 2.45) is 0 Å². The summed E-state index contributed by atoms with van der Waals surface area (Å²) in [6.07, 6.45) is 0. The number of rotatable bonds is 2. The number of hydrogen-bond acceptors (Lipinski definition) is 3. The predicted molar refractivity (Wildman–Crippen MR) is 86.2 cm³/mol. The maximum absolute atomic E-state index is 12.4. The van der Waals surface area contributed by atoms with Crippen molar-refractivity contribution < 1.29 is 4.79 Å². The lowest BCUT2D eigenvalue weighted by atomic mass is 10.1. The van der Waals surface area contributed by atoms with Gasteiger partial charge < -0.3 is 5.32 Å². The first-order valence-electron chi connectivity index (χ1n) is 6.92. The summed E-state index contributed by atoms with van der Waals surface area (Å²) in [5.74, 6) is -0.351. The third-order valence-electron chi connectivity index (χ3n) is 3.68. The Balaban J connectivity index is 2.01. The van der Waals surface area contributed by atoms with Crippen molar-refractivity contribution in [1.82, 2.24) is 10.2 Å². The second-order valence-electron chi connectivity index (χ2n) is 5.20. The van der Waals surface area contributed by atoms with Crippen LogP contribution in [0.3, 0.4) is 0 Å². The van der Waals surface area contributed by atoms with E-state index in [0.29, 0.717) is 16.5 Å². The molecule has 2 aromatic carbocycles. The molecule has 22 heavy (non-hydrogen) atoms. The molecule has 110 valence electrons. The van der Waals surface area contributed by atoms with Crippen LogP contribution in [-0.2, 0) is 0 Å². The molecule has 0 saturated heterocycles. The third kappa shape index (κ3) is 2.48. The lowest BCUT2D eigenvalue weighted by Crippen LogP contribution is -2.19. The van der Waals surface area contributed by atoms with Crippen LogP contribution < -0.4 is 10.9 Å². The normalized spacial score (nSPS) is 10.6. The van der Waals surface area contributed by atoms with Crippen LogP contribution >= 0.6 is 0 Å². The van der Waals surface area contributed by atoms with E-state index in [1.54, 1.807) is 24.3 Å². The maximum atomic E-state index is 12.4. The van der Waals surface area contributed by atoms with E-state index in [1.165, 1.54) is 0 Å². The molecule has 3 aromatic rings. The first kappa shape index (κ1) is 14.0. The Kier molecular flexibility index (Phi) is 3.47. The lowest BCUT2D eigenvalue weighted by molar-refractivity contribution is 0.102. The molecule has 1 amide bonds. The van der Waals surface area contributed by atoms with E-state index >= 15 is 0 Å². The van der Waals surface area contributed by atoms with Crippen LogP contribution in [0.2, 0.25) is 0 Å². The molecule has 2 N–H and O–H groups in total. The van der Waals surface area contributed by atoms with Gasteiger partial charge in [0.15, 0.2) is 5.69 Å². The highest BCUT2D eigenvalue weighted by atomic mass is 16.2. The minimum atomic E-state index is -0.351. The number of fused-ring (bicyclic) bond motifs is 1. The number of anilines is 1. The van der Waals surface area contributed by atoms with Crippen LogP contribution in [0.4, 0.5) is 5.69 Å². The van der Waals surface area contributed by atoms with Gasteiger partial charge in [-0.25, -0.2) is 5.10 Å². The number of hydrogen-bond donors (Lipinski definition) is 2. The Morgan fingerprint density at radius 1 is 1.05 bits per heavy atom. The molecule has 3 rings (SSSR count). The van der Waals surface area contributed by atoms with Crippen molar-refractivity contribution in [1.29, 1.82) is 0 Å². The second-order valence-corrected chi connectivity index (χ2v) is 5.20. The Morgan fingerprint density at radius 3 is 2.50 bits per heavy atom. The van der Waals surface area contributed by atoms with Crippen LogP contribution in [0.5, 0.6) is 0 Å². The summed E-state index contributed by atoms with van der Waals surface area (Å²) in [6.45, 7) is 4.00. The molecular weight excluding hydrogens is 278 g/mol. The van der Waals surface area contributed by atoms with Gasteiger partial charge in [0.05, 0.1) is 5.39 Å². The van der Waals surface area contributed by atoms with Crippen LogP contribution in [0.25, 0.3) is 10.8 Å². The quantitative estimate of drug-likeness (QED) is 0.763. The molecule has 5 nitrogen and oxygen atoms in total. The second kappa shape index (κ2) is 5.44. The van der Waals surface area contributed by atoms with Gasteiger partial charge in [-0.15, -0.1) is 0 Å². The van der Waals surface area contributed by atoms with Gasteiger partial charge in [0, 0.05) is 11.1 Å². The number of carbonyl (C=O) groups is 1. The highest BCUT2D eigenvalue weighted by molar-refractivity contribution is 6.11. The van der Waals surface area contributed by atoms with Crippen molar-refractivity contribution in [3.05, 3.63) is 69.6 Å². The Bertz CT molecular complexity index is 929. The SMILES string of the molecule is Cc1ccc(NC(=O)c2n[nH]c(=O)c3ccccc23)cc1C. The fourth-order valence-corrected chi connectivity index (χ4v) is 2.30. The minimum Gasteiger partial charge on any atom is -0.321 e. The van der Waals surface area contributed by atoms with Gasteiger partial charge in [0.2, 0.25) is 0 Å². The van der Waals surface area contributed by atoms with E-state index in [0.717, 1.165) is 11.1 Å². The number of aromatic nitrogens is 2. The molecule has 0 aliphatic heterocycles. The standard InChI is InChI=1S/C17H15N3O2/c1-10-7-8-12(9-11(10)2)18-17(22)15-13-5-3-4-6-14(13)16(21)20-19-15/h3-9H,1-2H3,(H,18,22)(H,20,21). The van der Waals surface area contributed by atoms with Crippen LogP contribution in [0, 0.1) is 13.8 Å². The number of benzene rings is 2. The zero-order valence-electron chi connectivity index (χ0n) is 12.3. The summed E-state index contributed by atoms with van der Waals surface area (Å²) in [6, 6.07) is 12.6. The molecule has 1 aromatic heterocycles. The monoisotopic (exact) mass is 293 g/mol. The highest BCUT2D eigenvalue weighted by Gasteiger charge is 2.14. The fourth-order valence-electron chi connectivity index (χ4n) is 2.30. The molecule has 0 fully saturated rings. The lowest BCUT2D eigenvalue weighted by Gasteiger charge is -2.08. The number of nitrogens with zero attached hydrogens (tertiary/aromatic N) is 1. The molecule has 0 aliphatic carbocycles. The van der Waals surface area contributed by atoms with E-state index in [9.17, 15) is 9.59 Å². The zero-order chi connectivity index (χ0) is 15.7. The zero-order valence-corrected chi connectivity index (χ0v) is 12.3. The van der Waals surface area contributed by atoms with E-state index in [1.807, 2.05) is 32.0 Å². The Labute approximate surface area is 127 Å². The van der Waals surface area contributed by atoms with E-state index in [4.69, 9.17) is 0 Å². The number of aromatic amines is 1. The number of nitrogens with one attached hydrogen (secondary N) is 2. The summed E-state index contributed by atoms with van der Waals surface area (Å²) in [5, 5.41) is 10.1. The van der Waals surface area contributed by atoms with Crippen molar-refractivity contribution in [3.8, 4) is 0 Å². The third-order valence-corrected chi connectivity index (χ3v) is 3.68. The smallest absolute Gasteiger partial charge is 0.276 e. The van der Waals surface area contributed by atoms with Crippen molar-refractivity contribution in [3.63, 3.8) is 0 Å². The molecule has 0 radical (unpaired) electrons. The summed E-state index contributed by atoms with van der Waals surface area (Å²) < 4.78 is 0. The molecule has 0 bridgehead atoms. The fraction of sp³-hybridized carbons (Fsp3) is 0.118. The summed E-state index contributed by atoms with van der Waals surface area (Å²) in [7, 11) is 0. The summed E-state index contributed by atoms with van der Waals surface area (Å²) >= 11 is 0. The van der Waals surface area contributed by atoms with Crippen molar-refractivity contribution in [2.45, 2.75) is 13.8 Å². The average Bonchev–Trinajstić information content (AvgIpc) is 2.51. The Morgan fingerprint density at radius 2 is 1.77 bits per heavy atom. The minimum absolute atomic E-state index is 0.202. The summed E-state index contributed by atoms with van der Waals surface area (Å²) in [5.41, 5.74) is 2.85. The van der Waals surface area contributed by atoms with Crippen LogP contribution in [0.15, 0.2) is 47.3 Å². The Hall–Kier alpha value is -2.95. The van der Waals surface area contributed by atoms with Gasteiger partial charge in [0.1, 0.15) is 0 Å². The topological polar surface area (TPSA) is 74.8 Å². The maximum Gasteiger partial charge on any atom is 0.276 e. The predicted octanol–water partition coefficient (Wildman–Crippen LogP) is 2.79. The van der Waals surface area contributed by atoms with Gasteiger partial charge in [0.25, 0.3) is 11.5 Å². The molecule has 5 heteroatoms. The van der Waals surface area contributed by atoms with Gasteiger partial charge in [-0.2, -0.15) is 5.10 Å². The van der Waals surface area contributed by atoms with Gasteiger partial charge >= 0.3 is 0 Å². The number of carbonyl (C=O) groups excluding carboxylic acids is 1. The first-order chi connectivity index (χ1) is 10.6. The largest absolute Gasteiger partial charge is 0.321 e. The van der Waals surface area contributed by atoms with Gasteiger partial charge in [-0.1, -0.05) is 24.3 Å². The number of aryl methyl sites for hydroxylation is 2. The van der Waals surface area contributed by atoms with Gasteiger partial charge in [-0.3, -0.25) is 9.59 Å².